The van der Waals surface area contributed by atoms with Gasteiger partial charge in [-0.1, -0.05) is 20.3 Å². The van der Waals surface area contributed by atoms with Gasteiger partial charge in [0.1, 0.15) is 0 Å². The van der Waals surface area contributed by atoms with Gasteiger partial charge in [0.05, 0.1) is 12.6 Å². The van der Waals surface area contributed by atoms with Crippen LogP contribution in [-0.4, -0.2) is 30.8 Å². The van der Waals surface area contributed by atoms with E-state index in [1.165, 1.54) is 0 Å². The van der Waals surface area contributed by atoms with E-state index < -0.39 is 6.04 Å². The van der Waals surface area contributed by atoms with Crippen molar-refractivity contribution in [1.29, 1.82) is 0 Å². The maximum atomic E-state index is 11.4. The average Bonchev–Trinajstić information content (AvgIpc) is 2.25. The van der Waals surface area contributed by atoms with Crippen LogP contribution in [0.3, 0.4) is 0 Å². The minimum atomic E-state index is -0.536. The standard InChI is InChI=1S/C11H23N3O2/c1-8(2)10(15)7-14-11(16)9(13)5-3-4-6-12/h8-9H,3-7,12-13H2,1-2H3,(H,14,16). The highest BCUT2D eigenvalue weighted by molar-refractivity contribution is 5.88. The van der Waals surface area contributed by atoms with Crippen molar-refractivity contribution in [2.75, 3.05) is 13.1 Å². The number of Topliss-reactive ketones (excluding diaryl/α,β-unsaturated/α-hetero) is 1. The van der Waals surface area contributed by atoms with Crippen molar-refractivity contribution in [2.45, 2.75) is 39.2 Å². The second-order valence-electron chi connectivity index (χ2n) is 4.23. The number of ketones is 1. The van der Waals surface area contributed by atoms with Gasteiger partial charge < -0.3 is 16.8 Å². The first kappa shape index (κ1) is 15.1. The number of nitrogens with two attached hydrogens (primary N) is 2. The van der Waals surface area contributed by atoms with E-state index in [-0.39, 0.29) is 24.2 Å². The molecule has 0 bridgehead atoms. The van der Waals surface area contributed by atoms with Gasteiger partial charge in [0, 0.05) is 5.92 Å². The third kappa shape index (κ3) is 6.53. The van der Waals surface area contributed by atoms with E-state index in [1.807, 2.05) is 0 Å². The zero-order chi connectivity index (χ0) is 12.6. The zero-order valence-corrected chi connectivity index (χ0v) is 10.2. The van der Waals surface area contributed by atoms with Gasteiger partial charge in [-0.15, -0.1) is 0 Å². The van der Waals surface area contributed by atoms with Crippen LogP contribution in [0.1, 0.15) is 33.1 Å². The fourth-order valence-corrected chi connectivity index (χ4v) is 1.15. The summed E-state index contributed by atoms with van der Waals surface area (Å²) >= 11 is 0. The van der Waals surface area contributed by atoms with Crippen LogP contribution in [0.5, 0.6) is 0 Å². The predicted octanol–water partition coefficient (Wildman–Crippen LogP) is -0.216. The van der Waals surface area contributed by atoms with Crippen LogP contribution < -0.4 is 16.8 Å². The number of rotatable bonds is 8. The first-order valence-corrected chi connectivity index (χ1v) is 5.75. The molecule has 5 nitrogen and oxygen atoms in total. The summed E-state index contributed by atoms with van der Waals surface area (Å²) in [7, 11) is 0. The quantitative estimate of drug-likeness (QED) is 0.501. The number of hydrogen-bond acceptors (Lipinski definition) is 4. The van der Waals surface area contributed by atoms with Crippen LogP contribution in [0.25, 0.3) is 0 Å². The molecule has 0 saturated heterocycles. The Morgan fingerprint density at radius 1 is 1.25 bits per heavy atom. The minimum absolute atomic E-state index is 0.0162. The van der Waals surface area contributed by atoms with Crippen molar-refractivity contribution < 1.29 is 9.59 Å². The Kier molecular flexibility index (Phi) is 7.76. The first-order chi connectivity index (χ1) is 7.49. The first-order valence-electron chi connectivity index (χ1n) is 5.75. The van der Waals surface area contributed by atoms with E-state index in [4.69, 9.17) is 11.5 Å². The molecule has 0 radical (unpaired) electrons. The van der Waals surface area contributed by atoms with Crippen molar-refractivity contribution in [2.24, 2.45) is 17.4 Å². The molecule has 94 valence electrons. The fraction of sp³-hybridized carbons (Fsp3) is 0.818. The van der Waals surface area contributed by atoms with Crippen molar-refractivity contribution in [3.63, 3.8) is 0 Å². The smallest absolute Gasteiger partial charge is 0.237 e. The maximum absolute atomic E-state index is 11.4. The molecule has 0 fully saturated rings. The summed E-state index contributed by atoms with van der Waals surface area (Å²) in [6.45, 7) is 4.28. The van der Waals surface area contributed by atoms with Crippen LogP contribution in [0.2, 0.25) is 0 Å². The van der Waals surface area contributed by atoms with Crippen LogP contribution in [0.4, 0.5) is 0 Å². The summed E-state index contributed by atoms with van der Waals surface area (Å²) in [6, 6.07) is -0.536. The topological polar surface area (TPSA) is 98.2 Å². The molecular formula is C11H23N3O2. The summed E-state index contributed by atoms with van der Waals surface area (Å²) in [5.41, 5.74) is 11.0. The second-order valence-corrected chi connectivity index (χ2v) is 4.23. The van der Waals surface area contributed by atoms with Gasteiger partial charge in [0.2, 0.25) is 5.91 Å². The van der Waals surface area contributed by atoms with E-state index in [1.54, 1.807) is 13.8 Å². The largest absolute Gasteiger partial charge is 0.348 e. The van der Waals surface area contributed by atoms with E-state index in [0.29, 0.717) is 13.0 Å². The molecule has 1 amide bonds. The molecule has 0 heterocycles. The molecular weight excluding hydrogens is 206 g/mol. The Labute approximate surface area is 96.9 Å². The highest BCUT2D eigenvalue weighted by atomic mass is 16.2. The Balaban J connectivity index is 3.75. The van der Waals surface area contributed by atoms with Crippen molar-refractivity contribution >= 4 is 11.7 Å². The lowest BCUT2D eigenvalue weighted by molar-refractivity contribution is -0.127. The molecule has 16 heavy (non-hydrogen) atoms. The molecule has 0 saturated carbocycles. The van der Waals surface area contributed by atoms with E-state index >= 15 is 0 Å². The van der Waals surface area contributed by atoms with Crippen molar-refractivity contribution in [3.8, 4) is 0 Å². The molecule has 1 unspecified atom stereocenters. The molecule has 0 aromatic carbocycles. The lowest BCUT2D eigenvalue weighted by Gasteiger charge is -2.12. The minimum Gasteiger partial charge on any atom is -0.348 e. The van der Waals surface area contributed by atoms with Gasteiger partial charge in [-0.05, 0) is 19.4 Å². The molecule has 0 aromatic rings. The number of unbranched alkanes of at least 4 members (excludes halogenated alkanes) is 1. The molecule has 0 spiro atoms. The molecule has 0 aliphatic rings. The molecule has 0 aromatic heterocycles. The van der Waals surface area contributed by atoms with Gasteiger partial charge in [0.15, 0.2) is 5.78 Å². The lowest BCUT2D eigenvalue weighted by atomic mass is 10.1. The fourth-order valence-electron chi connectivity index (χ4n) is 1.15. The number of nitrogens with one attached hydrogen (secondary N) is 1. The maximum Gasteiger partial charge on any atom is 0.237 e. The Hall–Kier alpha value is -0.940. The lowest BCUT2D eigenvalue weighted by Crippen LogP contribution is -2.43. The van der Waals surface area contributed by atoms with Gasteiger partial charge >= 0.3 is 0 Å². The molecule has 0 rings (SSSR count). The molecule has 1 atom stereocenters. The summed E-state index contributed by atoms with van der Waals surface area (Å²) in [5, 5.41) is 2.55. The van der Waals surface area contributed by atoms with E-state index in [2.05, 4.69) is 5.32 Å². The predicted molar refractivity (Wildman–Crippen MR) is 63.7 cm³/mol. The number of hydrogen-bond donors (Lipinski definition) is 3. The van der Waals surface area contributed by atoms with E-state index in [0.717, 1.165) is 12.8 Å². The molecule has 5 heteroatoms. The zero-order valence-electron chi connectivity index (χ0n) is 10.2. The molecule has 0 aliphatic heterocycles. The van der Waals surface area contributed by atoms with Crippen LogP contribution in [0, 0.1) is 5.92 Å². The monoisotopic (exact) mass is 229 g/mol. The highest BCUT2D eigenvalue weighted by Gasteiger charge is 2.14. The third-order valence-corrected chi connectivity index (χ3v) is 2.39. The van der Waals surface area contributed by atoms with Crippen molar-refractivity contribution in [1.82, 2.24) is 5.32 Å². The Morgan fingerprint density at radius 2 is 1.88 bits per heavy atom. The molecule has 0 aliphatic carbocycles. The van der Waals surface area contributed by atoms with Gasteiger partial charge in [0.25, 0.3) is 0 Å². The average molecular weight is 229 g/mol. The summed E-state index contributed by atoms with van der Waals surface area (Å²) in [6.07, 6.45) is 2.31. The Bertz CT molecular complexity index is 229. The van der Waals surface area contributed by atoms with Crippen LogP contribution in [0.15, 0.2) is 0 Å². The third-order valence-electron chi connectivity index (χ3n) is 2.39. The van der Waals surface area contributed by atoms with Crippen LogP contribution >= 0.6 is 0 Å². The Morgan fingerprint density at radius 3 is 2.38 bits per heavy atom. The number of carbonyl (C=O) groups is 2. The van der Waals surface area contributed by atoms with Gasteiger partial charge in [-0.25, -0.2) is 0 Å². The van der Waals surface area contributed by atoms with Crippen LogP contribution in [-0.2, 0) is 9.59 Å². The summed E-state index contributed by atoms with van der Waals surface area (Å²) in [5.74, 6) is -0.303. The van der Waals surface area contributed by atoms with E-state index in [9.17, 15) is 9.59 Å². The summed E-state index contributed by atoms with van der Waals surface area (Å²) in [4.78, 5) is 22.7. The molecule has 5 N–H and O–H groups in total. The van der Waals surface area contributed by atoms with Gasteiger partial charge in [-0.3, -0.25) is 9.59 Å². The highest BCUT2D eigenvalue weighted by Crippen LogP contribution is 1.98. The summed E-state index contributed by atoms with van der Waals surface area (Å²) < 4.78 is 0. The number of carbonyl (C=O) groups excluding carboxylic acids is 2. The van der Waals surface area contributed by atoms with Crippen molar-refractivity contribution in [3.05, 3.63) is 0 Å². The number of amides is 1. The SMILES string of the molecule is CC(C)C(=O)CNC(=O)C(N)CCCCN. The van der Waals surface area contributed by atoms with Gasteiger partial charge in [-0.2, -0.15) is 0 Å². The normalized spacial score (nSPS) is 12.6. The second kappa shape index (κ2) is 8.24.